The fourth-order valence-electron chi connectivity index (χ4n) is 12.5. The van der Waals surface area contributed by atoms with Gasteiger partial charge in [-0.3, -0.25) is 14.4 Å². The molecule has 0 saturated heterocycles. The Morgan fingerprint density at radius 2 is 1.76 bits per heavy atom. The Hall–Kier alpha value is -2.61. The van der Waals surface area contributed by atoms with E-state index in [9.17, 15) is 19.5 Å². The van der Waals surface area contributed by atoms with Crippen LogP contribution in [0.2, 0.25) is 0 Å². The number of aliphatic carboxylic acids is 1. The fraction of sp³-hybridized carbons (Fsp3) is 0.780. The topological polar surface area (TPSA) is 118 Å². The van der Waals surface area contributed by atoms with Gasteiger partial charge in [0.1, 0.15) is 12.4 Å². The molecule has 0 radical (unpaired) electrons. The lowest BCUT2D eigenvalue weighted by molar-refractivity contribution is -0.213. The molecule has 1 aromatic rings. The number of Topliss-reactive ketones (excluding diaryl/α,β-unsaturated/α-hetero) is 1. The first-order valence-electron chi connectivity index (χ1n) is 19.1. The largest absolute Gasteiger partial charge is 0.481 e. The van der Waals surface area contributed by atoms with Crippen LogP contribution in [0, 0.1) is 56.7 Å². The van der Waals surface area contributed by atoms with Crippen LogP contribution in [0.25, 0.3) is 0 Å². The first-order valence-corrected chi connectivity index (χ1v) is 19.1. The molecule has 5 aliphatic rings. The highest BCUT2D eigenvalue weighted by atomic mass is 16.5. The van der Waals surface area contributed by atoms with Crippen molar-refractivity contribution in [2.45, 2.75) is 139 Å². The van der Waals surface area contributed by atoms with Crippen LogP contribution in [0.4, 0.5) is 0 Å². The third kappa shape index (κ3) is 6.10. The minimum Gasteiger partial charge on any atom is -0.481 e. The van der Waals surface area contributed by atoms with E-state index in [-0.39, 0.29) is 40.1 Å². The van der Waals surface area contributed by atoms with Gasteiger partial charge in [-0.05, 0) is 130 Å². The highest BCUT2D eigenvalue weighted by Gasteiger charge is 2.66. The number of carboxylic acids is 1. The van der Waals surface area contributed by atoms with Gasteiger partial charge in [0.2, 0.25) is 0 Å². The van der Waals surface area contributed by atoms with Gasteiger partial charge in [-0.25, -0.2) is 9.97 Å². The maximum Gasteiger partial charge on any atom is 0.309 e. The number of fused-ring (bicyclic) bond motifs is 7. The molecular weight excluding hydrogens is 614 g/mol. The van der Waals surface area contributed by atoms with E-state index < -0.39 is 17.4 Å². The van der Waals surface area contributed by atoms with Crippen LogP contribution < -0.4 is 5.32 Å². The SMILES string of the molecule is CC(C)C1=C2C3CCC4C(C)(CCC5C(C)(C)C(OC(=O)CC(C)(C)C(=O)O)CCC54C)C3CCC2(CCNCc2ccncn2)CC1=O. The van der Waals surface area contributed by atoms with E-state index in [1.54, 1.807) is 31.9 Å². The number of hydrogen-bond acceptors (Lipinski definition) is 7. The van der Waals surface area contributed by atoms with Crippen LogP contribution in [0.5, 0.6) is 0 Å². The van der Waals surface area contributed by atoms with Crippen LogP contribution in [-0.2, 0) is 25.7 Å². The van der Waals surface area contributed by atoms with Gasteiger partial charge in [0, 0.05) is 30.0 Å². The number of carboxylic acid groups (broad SMARTS) is 1. The summed E-state index contributed by atoms with van der Waals surface area (Å²) in [6, 6.07) is 1.95. The van der Waals surface area contributed by atoms with Gasteiger partial charge >= 0.3 is 11.9 Å². The average molecular weight is 676 g/mol. The zero-order valence-corrected chi connectivity index (χ0v) is 31.4. The van der Waals surface area contributed by atoms with Crippen LogP contribution in [-0.4, -0.2) is 45.4 Å². The first kappa shape index (κ1) is 36.2. The molecule has 0 bridgehead atoms. The number of allylic oxidation sites excluding steroid dienone is 2. The lowest BCUT2D eigenvalue weighted by atomic mass is 9.36. The van der Waals surface area contributed by atoms with E-state index >= 15 is 0 Å². The molecule has 2 N–H and O–H groups in total. The standard InChI is InChI=1S/C41H61N3O5/c1-25(2)34-29(45)21-41(18-20-42-23-26-14-19-43-24-44-26)17-11-28-27(35(34)41)9-10-31-39(28,7)15-12-30-38(5,6)32(13-16-40(30,31)8)49-33(46)22-37(3,4)36(47)48/h14,19,24-25,27-28,30-32,42H,9-13,15-18,20-23H2,1-8H3,(H,47,48). The second-order valence-electron chi connectivity index (χ2n) is 18.7. The van der Waals surface area contributed by atoms with Crippen molar-refractivity contribution < 1.29 is 24.2 Å². The number of rotatable bonds is 10. The van der Waals surface area contributed by atoms with Gasteiger partial charge in [-0.15, -0.1) is 0 Å². The Morgan fingerprint density at radius 1 is 1.02 bits per heavy atom. The molecule has 0 aromatic carbocycles. The monoisotopic (exact) mass is 675 g/mol. The number of ether oxygens (including phenoxy) is 1. The molecule has 8 nitrogen and oxygen atoms in total. The summed E-state index contributed by atoms with van der Waals surface area (Å²) in [4.78, 5) is 47.0. The highest BCUT2D eigenvalue weighted by molar-refractivity contribution is 6.00. The minimum absolute atomic E-state index is 0.0278. The Balaban J connectivity index is 1.21. The molecule has 6 rings (SSSR count). The lowest BCUT2D eigenvalue weighted by Gasteiger charge is -2.69. The molecule has 270 valence electrons. The van der Waals surface area contributed by atoms with E-state index in [1.165, 1.54) is 19.3 Å². The Morgan fingerprint density at radius 3 is 2.43 bits per heavy atom. The van der Waals surface area contributed by atoms with Crippen molar-refractivity contribution >= 4 is 17.7 Å². The second kappa shape index (κ2) is 12.9. The van der Waals surface area contributed by atoms with E-state index in [0.29, 0.717) is 42.4 Å². The molecule has 8 heteroatoms. The smallest absolute Gasteiger partial charge is 0.309 e. The summed E-state index contributed by atoms with van der Waals surface area (Å²) in [5.74, 6) is 1.34. The van der Waals surface area contributed by atoms with E-state index in [2.05, 4.69) is 56.8 Å². The molecule has 4 fully saturated rings. The zero-order chi connectivity index (χ0) is 35.6. The average Bonchev–Trinajstić information content (AvgIpc) is 3.33. The number of nitrogens with zero attached hydrogens (tertiary/aromatic N) is 2. The number of carbonyl (C=O) groups excluding carboxylic acids is 2. The number of ketones is 1. The molecule has 0 amide bonds. The van der Waals surface area contributed by atoms with Gasteiger partial charge in [-0.2, -0.15) is 0 Å². The first-order chi connectivity index (χ1) is 23.0. The number of aromatic nitrogens is 2. The number of hydrogen-bond donors (Lipinski definition) is 2. The van der Waals surface area contributed by atoms with Gasteiger partial charge < -0.3 is 15.2 Å². The maximum absolute atomic E-state index is 13.8. The van der Waals surface area contributed by atoms with E-state index in [1.807, 2.05) is 6.07 Å². The molecule has 1 aromatic heterocycles. The summed E-state index contributed by atoms with van der Waals surface area (Å²) in [7, 11) is 0. The van der Waals surface area contributed by atoms with Crippen molar-refractivity contribution in [1.82, 2.24) is 15.3 Å². The molecule has 8 atom stereocenters. The quantitative estimate of drug-likeness (QED) is 0.189. The van der Waals surface area contributed by atoms with E-state index in [0.717, 1.165) is 56.3 Å². The summed E-state index contributed by atoms with van der Waals surface area (Å²) in [5, 5.41) is 13.2. The normalized spacial score (nSPS) is 36.8. The van der Waals surface area contributed by atoms with Crippen molar-refractivity contribution in [2.75, 3.05) is 6.54 Å². The second-order valence-corrected chi connectivity index (χ2v) is 18.7. The van der Waals surface area contributed by atoms with Crippen molar-refractivity contribution in [2.24, 2.45) is 56.7 Å². The van der Waals surface area contributed by atoms with Crippen molar-refractivity contribution in [3.63, 3.8) is 0 Å². The van der Waals surface area contributed by atoms with E-state index in [4.69, 9.17) is 4.74 Å². The zero-order valence-electron chi connectivity index (χ0n) is 31.4. The van der Waals surface area contributed by atoms with Crippen LogP contribution in [0.15, 0.2) is 29.7 Å². The Kier molecular flexibility index (Phi) is 9.50. The molecule has 8 unspecified atom stereocenters. The highest BCUT2D eigenvalue weighted by Crippen LogP contribution is 2.73. The van der Waals surface area contributed by atoms with Crippen molar-refractivity contribution in [3.05, 3.63) is 35.4 Å². The fourth-order valence-corrected chi connectivity index (χ4v) is 12.5. The molecule has 0 aliphatic heterocycles. The minimum atomic E-state index is -1.14. The Bertz CT molecular complexity index is 1480. The predicted molar refractivity (Wildman–Crippen MR) is 189 cm³/mol. The third-order valence-corrected chi connectivity index (χ3v) is 14.8. The number of carbonyl (C=O) groups is 3. The van der Waals surface area contributed by atoms with Gasteiger partial charge in [0.25, 0.3) is 0 Å². The maximum atomic E-state index is 13.8. The molecule has 4 saturated carbocycles. The third-order valence-electron chi connectivity index (χ3n) is 14.8. The number of nitrogens with one attached hydrogen (secondary N) is 1. The molecule has 0 spiro atoms. The number of esters is 1. The van der Waals surface area contributed by atoms with Gasteiger partial charge in [0.05, 0.1) is 17.5 Å². The summed E-state index contributed by atoms with van der Waals surface area (Å²) in [5.41, 5.74) is 2.67. The summed E-state index contributed by atoms with van der Waals surface area (Å²) in [6.45, 7) is 19.0. The van der Waals surface area contributed by atoms with Crippen molar-refractivity contribution in [1.29, 1.82) is 0 Å². The summed E-state index contributed by atoms with van der Waals surface area (Å²) < 4.78 is 6.15. The van der Waals surface area contributed by atoms with Gasteiger partial charge in [0.15, 0.2) is 5.78 Å². The summed E-state index contributed by atoms with van der Waals surface area (Å²) in [6.07, 6.45) is 13.5. The lowest BCUT2D eigenvalue weighted by Crippen LogP contribution is -2.63. The van der Waals surface area contributed by atoms with Crippen LogP contribution in [0.1, 0.15) is 132 Å². The summed E-state index contributed by atoms with van der Waals surface area (Å²) >= 11 is 0. The Labute approximate surface area is 294 Å². The van der Waals surface area contributed by atoms with Crippen LogP contribution in [0.3, 0.4) is 0 Å². The van der Waals surface area contributed by atoms with Crippen LogP contribution >= 0.6 is 0 Å². The molecule has 49 heavy (non-hydrogen) atoms. The van der Waals surface area contributed by atoms with Crippen molar-refractivity contribution in [3.8, 4) is 0 Å². The predicted octanol–water partition coefficient (Wildman–Crippen LogP) is 7.96. The molecular formula is C41H61N3O5. The van der Waals surface area contributed by atoms with Gasteiger partial charge in [-0.1, -0.05) is 47.1 Å². The molecule has 1 heterocycles. The molecule has 5 aliphatic carbocycles.